The van der Waals surface area contributed by atoms with Crippen molar-refractivity contribution in [1.29, 1.82) is 0 Å². The first-order chi connectivity index (χ1) is 14.9. The third-order valence-electron chi connectivity index (χ3n) is 4.38. The van der Waals surface area contributed by atoms with Gasteiger partial charge in [-0.15, -0.1) is 0 Å². The Morgan fingerprint density at radius 3 is 2.55 bits per heavy atom. The molecule has 0 bridgehead atoms. The maximum absolute atomic E-state index is 13.9. The predicted octanol–water partition coefficient (Wildman–Crippen LogP) is 5.12. The van der Waals surface area contributed by atoms with Crippen LogP contribution in [0.5, 0.6) is 11.6 Å². The first kappa shape index (κ1) is 20.5. The average Bonchev–Trinajstić information content (AvgIpc) is 3.07. The molecule has 0 unspecified atom stereocenters. The molecule has 0 saturated carbocycles. The Morgan fingerprint density at radius 1 is 1.10 bits per heavy atom. The third-order valence-corrected chi connectivity index (χ3v) is 4.69. The molecule has 9 heteroatoms. The number of carbonyl (C=O) groups excluding carboxylic acids is 1. The number of nitrogens with zero attached hydrogens (tertiary/aromatic N) is 4. The number of anilines is 1. The lowest BCUT2D eigenvalue weighted by molar-refractivity contribution is 0.102. The van der Waals surface area contributed by atoms with Crippen molar-refractivity contribution in [2.24, 2.45) is 0 Å². The van der Waals surface area contributed by atoms with Crippen LogP contribution >= 0.6 is 11.6 Å². The van der Waals surface area contributed by atoms with E-state index in [-0.39, 0.29) is 10.6 Å². The minimum absolute atomic E-state index is 0.0413. The van der Waals surface area contributed by atoms with Crippen LogP contribution < -0.4 is 10.1 Å². The van der Waals surface area contributed by atoms with Gasteiger partial charge in [-0.3, -0.25) is 4.79 Å². The van der Waals surface area contributed by atoms with Gasteiger partial charge in [-0.2, -0.15) is 5.10 Å². The monoisotopic (exact) mass is 437 g/mol. The highest BCUT2D eigenvalue weighted by Crippen LogP contribution is 2.24. The van der Waals surface area contributed by atoms with Crippen molar-refractivity contribution in [3.63, 3.8) is 0 Å². The van der Waals surface area contributed by atoms with Gasteiger partial charge in [-0.25, -0.2) is 19.0 Å². The lowest BCUT2D eigenvalue weighted by Gasteiger charge is -2.10. The van der Waals surface area contributed by atoms with Crippen LogP contribution in [-0.4, -0.2) is 25.7 Å². The second kappa shape index (κ2) is 8.53. The molecule has 0 aliphatic carbocycles. The van der Waals surface area contributed by atoms with Crippen molar-refractivity contribution in [2.75, 3.05) is 5.32 Å². The van der Waals surface area contributed by atoms with Gasteiger partial charge < -0.3 is 10.1 Å². The SMILES string of the molecule is Cc1cc(C)n(-c2cc(Oc3ccc(NC(=O)c4c(F)cccc4Cl)cc3)ncn2)n1. The van der Waals surface area contributed by atoms with Gasteiger partial charge in [0.05, 0.1) is 16.3 Å². The van der Waals surface area contributed by atoms with E-state index in [1.807, 2.05) is 19.9 Å². The molecule has 0 radical (unpaired) electrons. The number of ether oxygens (including phenoxy) is 1. The van der Waals surface area contributed by atoms with Crippen molar-refractivity contribution in [1.82, 2.24) is 19.7 Å². The molecule has 0 aliphatic heterocycles. The highest BCUT2D eigenvalue weighted by atomic mass is 35.5. The van der Waals surface area contributed by atoms with Crippen LogP contribution in [0.1, 0.15) is 21.7 Å². The summed E-state index contributed by atoms with van der Waals surface area (Å²) >= 11 is 5.94. The van der Waals surface area contributed by atoms with Crippen LogP contribution in [-0.2, 0) is 0 Å². The fourth-order valence-electron chi connectivity index (χ4n) is 3.00. The van der Waals surface area contributed by atoms with Crippen LogP contribution in [0, 0.1) is 19.7 Å². The molecule has 2 heterocycles. The number of nitrogens with one attached hydrogen (secondary N) is 1. The van der Waals surface area contributed by atoms with Crippen LogP contribution in [0.3, 0.4) is 0 Å². The molecule has 2 aromatic heterocycles. The van der Waals surface area contributed by atoms with Gasteiger partial charge in [0.15, 0.2) is 5.82 Å². The van der Waals surface area contributed by atoms with E-state index in [9.17, 15) is 9.18 Å². The van der Waals surface area contributed by atoms with E-state index >= 15 is 0 Å². The first-order valence-corrected chi connectivity index (χ1v) is 9.67. The average molecular weight is 438 g/mol. The number of hydrogen-bond acceptors (Lipinski definition) is 5. The third kappa shape index (κ3) is 4.54. The summed E-state index contributed by atoms with van der Waals surface area (Å²) in [5.74, 6) is 0.0999. The molecule has 0 spiro atoms. The van der Waals surface area contributed by atoms with Gasteiger partial charge in [0, 0.05) is 17.4 Å². The largest absolute Gasteiger partial charge is 0.439 e. The number of rotatable bonds is 5. The highest BCUT2D eigenvalue weighted by Gasteiger charge is 2.16. The van der Waals surface area contributed by atoms with E-state index in [0.717, 1.165) is 11.4 Å². The Bertz CT molecular complexity index is 1240. The van der Waals surface area contributed by atoms with Gasteiger partial charge in [0.25, 0.3) is 5.91 Å². The Balaban J connectivity index is 1.47. The number of benzene rings is 2. The maximum atomic E-state index is 13.9. The molecular formula is C22H17ClFN5O2. The molecule has 4 aromatic rings. The van der Waals surface area contributed by atoms with Crippen LogP contribution in [0.25, 0.3) is 5.82 Å². The normalized spacial score (nSPS) is 10.7. The summed E-state index contributed by atoms with van der Waals surface area (Å²) in [5.41, 5.74) is 2.08. The summed E-state index contributed by atoms with van der Waals surface area (Å²) in [6.45, 7) is 3.84. The summed E-state index contributed by atoms with van der Waals surface area (Å²) in [5, 5.41) is 7.05. The van der Waals surface area contributed by atoms with Gasteiger partial charge in [0.1, 0.15) is 17.9 Å². The molecule has 31 heavy (non-hydrogen) atoms. The summed E-state index contributed by atoms with van der Waals surface area (Å²) in [7, 11) is 0. The Kier molecular flexibility index (Phi) is 5.64. The number of amides is 1. The smallest absolute Gasteiger partial charge is 0.260 e. The Hall–Kier alpha value is -3.78. The molecule has 7 nitrogen and oxygen atoms in total. The van der Waals surface area contributed by atoms with E-state index in [1.54, 1.807) is 35.0 Å². The fraction of sp³-hybridized carbons (Fsp3) is 0.0909. The standard InChI is InChI=1S/C22H17ClFN5O2/c1-13-10-14(2)29(28-13)19-11-20(26-12-25-19)31-16-8-6-15(7-9-16)27-22(30)21-17(23)4-3-5-18(21)24/h3-12H,1-2H3,(H,27,30). The van der Waals surface area contributed by atoms with Crippen molar-refractivity contribution in [3.8, 4) is 17.4 Å². The van der Waals surface area contributed by atoms with E-state index in [4.69, 9.17) is 16.3 Å². The molecule has 156 valence electrons. The number of aryl methyl sites for hydroxylation is 2. The minimum atomic E-state index is -0.688. The molecule has 0 saturated heterocycles. The van der Waals surface area contributed by atoms with E-state index < -0.39 is 11.7 Å². The molecular weight excluding hydrogens is 421 g/mol. The maximum Gasteiger partial charge on any atom is 0.260 e. The molecule has 0 fully saturated rings. The zero-order chi connectivity index (χ0) is 22.0. The van der Waals surface area contributed by atoms with E-state index in [2.05, 4.69) is 20.4 Å². The first-order valence-electron chi connectivity index (χ1n) is 9.29. The molecule has 2 aromatic carbocycles. The van der Waals surface area contributed by atoms with Crippen LogP contribution in [0.2, 0.25) is 5.02 Å². The number of carbonyl (C=O) groups is 1. The van der Waals surface area contributed by atoms with Crippen LogP contribution in [0.15, 0.2) is 60.9 Å². The second-order valence-corrected chi connectivity index (χ2v) is 7.14. The Labute approximate surface area is 182 Å². The summed E-state index contributed by atoms with van der Waals surface area (Å²) in [4.78, 5) is 20.7. The lowest BCUT2D eigenvalue weighted by atomic mass is 10.2. The predicted molar refractivity (Wildman–Crippen MR) is 115 cm³/mol. The number of hydrogen-bond donors (Lipinski definition) is 1. The van der Waals surface area contributed by atoms with Gasteiger partial charge in [-0.1, -0.05) is 17.7 Å². The summed E-state index contributed by atoms with van der Waals surface area (Å²) in [6, 6.07) is 14.3. The number of aromatic nitrogens is 4. The van der Waals surface area contributed by atoms with Crippen molar-refractivity contribution in [3.05, 3.63) is 88.7 Å². The topological polar surface area (TPSA) is 81.9 Å². The molecule has 1 N–H and O–H groups in total. The molecule has 0 atom stereocenters. The Morgan fingerprint density at radius 2 is 1.87 bits per heavy atom. The van der Waals surface area contributed by atoms with Crippen molar-refractivity contribution < 1.29 is 13.9 Å². The van der Waals surface area contributed by atoms with Gasteiger partial charge in [-0.05, 0) is 56.3 Å². The van der Waals surface area contributed by atoms with Gasteiger partial charge in [0.2, 0.25) is 5.88 Å². The van der Waals surface area contributed by atoms with Crippen molar-refractivity contribution >= 4 is 23.2 Å². The minimum Gasteiger partial charge on any atom is -0.439 e. The van der Waals surface area contributed by atoms with Crippen LogP contribution in [0.4, 0.5) is 10.1 Å². The zero-order valence-electron chi connectivity index (χ0n) is 16.6. The zero-order valence-corrected chi connectivity index (χ0v) is 17.4. The quantitative estimate of drug-likeness (QED) is 0.468. The summed E-state index contributed by atoms with van der Waals surface area (Å²) < 4.78 is 21.4. The highest BCUT2D eigenvalue weighted by molar-refractivity contribution is 6.34. The molecule has 0 aliphatic rings. The fourth-order valence-corrected chi connectivity index (χ4v) is 3.25. The van der Waals surface area contributed by atoms with Gasteiger partial charge >= 0.3 is 0 Å². The van der Waals surface area contributed by atoms with E-state index in [0.29, 0.717) is 23.1 Å². The molecule has 4 rings (SSSR count). The second-order valence-electron chi connectivity index (χ2n) is 6.73. The van der Waals surface area contributed by atoms with E-state index in [1.165, 1.54) is 24.5 Å². The molecule has 1 amide bonds. The lowest BCUT2D eigenvalue weighted by Crippen LogP contribution is -2.14. The van der Waals surface area contributed by atoms with Crippen molar-refractivity contribution in [2.45, 2.75) is 13.8 Å². The number of halogens is 2. The summed E-state index contributed by atoms with van der Waals surface area (Å²) in [6.07, 6.45) is 1.40.